The molecular formula is C12H21ClN2O. The molecule has 92 valence electrons. The molecule has 1 aliphatic heterocycles. The Morgan fingerprint density at radius 2 is 2.00 bits per heavy atom. The highest BCUT2D eigenvalue weighted by molar-refractivity contribution is 5.85. The number of hydrogen-bond acceptors (Lipinski definition) is 2. The van der Waals surface area contributed by atoms with Crippen LogP contribution in [0, 0.1) is 23.7 Å². The lowest BCUT2D eigenvalue weighted by atomic mass is 9.86. The fraction of sp³-hybridized carbons (Fsp3) is 0.917. The molecule has 3 rings (SSSR count). The molecule has 4 heteroatoms. The van der Waals surface area contributed by atoms with Gasteiger partial charge in [0, 0.05) is 24.9 Å². The molecule has 0 aromatic heterocycles. The van der Waals surface area contributed by atoms with Gasteiger partial charge in [0.15, 0.2) is 0 Å². The van der Waals surface area contributed by atoms with Gasteiger partial charge in [0.1, 0.15) is 0 Å². The van der Waals surface area contributed by atoms with Gasteiger partial charge in [0.05, 0.1) is 0 Å². The summed E-state index contributed by atoms with van der Waals surface area (Å²) < 4.78 is 0. The Labute approximate surface area is 103 Å². The van der Waals surface area contributed by atoms with Crippen LogP contribution < -0.4 is 5.73 Å². The van der Waals surface area contributed by atoms with Gasteiger partial charge in [-0.05, 0) is 37.6 Å². The zero-order valence-electron chi connectivity index (χ0n) is 9.60. The molecule has 0 radical (unpaired) electrons. The third kappa shape index (κ3) is 1.84. The molecule has 3 unspecified atom stereocenters. The van der Waals surface area contributed by atoms with E-state index in [1.807, 2.05) is 4.90 Å². The van der Waals surface area contributed by atoms with E-state index in [4.69, 9.17) is 5.73 Å². The minimum Gasteiger partial charge on any atom is -0.342 e. The maximum Gasteiger partial charge on any atom is 0.225 e. The maximum atomic E-state index is 12.2. The van der Waals surface area contributed by atoms with Crippen molar-refractivity contribution in [2.24, 2.45) is 29.4 Å². The molecule has 0 aromatic carbocycles. The van der Waals surface area contributed by atoms with Crippen molar-refractivity contribution in [3.8, 4) is 0 Å². The highest BCUT2D eigenvalue weighted by atomic mass is 35.5. The lowest BCUT2D eigenvalue weighted by Crippen LogP contribution is -2.54. The van der Waals surface area contributed by atoms with Crippen LogP contribution in [0.4, 0.5) is 0 Å². The Morgan fingerprint density at radius 1 is 1.25 bits per heavy atom. The summed E-state index contributed by atoms with van der Waals surface area (Å²) >= 11 is 0. The number of likely N-dealkylation sites (tertiary alicyclic amines) is 1. The van der Waals surface area contributed by atoms with Crippen molar-refractivity contribution in [1.29, 1.82) is 0 Å². The first kappa shape index (κ1) is 12.2. The van der Waals surface area contributed by atoms with Gasteiger partial charge in [-0.1, -0.05) is 6.42 Å². The van der Waals surface area contributed by atoms with Crippen LogP contribution in [0.1, 0.15) is 25.7 Å². The van der Waals surface area contributed by atoms with Crippen LogP contribution in [0.15, 0.2) is 0 Å². The van der Waals surface area contributed by atoms with Crippen molar-refractivity contribution in [1.82, 2.24) is 4.90 Å². The molecule has 1 heterocycles. The highest BCUT2D eigenvalue weighted by Gasteiger charge is 2.45. The number of hydrogen-bond donors (Lipinski definition) is 1. The third-order valence-electron chi connectivity index (χ3n) is 4.66. The van der Waals surface area contributed by atoms with Gasteiger partial charge >= 0.3 is 0 Å². The van der Waals surface area contributed by atoms with E-state index in [1.54, 1.807) is 0 Å². The molecular weight excluding hydrogens is 224 g/mol. The smallest absolute Gasteiger partial charge is 0.225 e. The molecule has 3 fully saturated rings. The fourth-order valence-electron chi connectivity index (χ4n) is 3.68. The third-order valence-corrected chi connectivity index (χ3v) is 4.66. The van der Waals surface area contributed by atoms with Gasteiger partial charge in [0.25, 0.3) is 0 Å². The molecule has 3 nitrogen and oxygen atoms in total. The second kappa shape index (κ2) is 4.53. The average Bonchev–Trinajstić information content (AvgIpc) is 2.76. The summed E-state index contributed by atoms with van der Waals surface area (Å²) in [7, 11) is 0. The van der Waals surface area contributed by atoms with E-state index in [-0.39, 0.29) is 12.4 Å². The maximum absolute atomic E-state index is 12.2. The normalized spacial score (nSPS) is 37.1. The second-order valence-corrected chi connectivity index (χ2v) is 5.63. The van der Waals surface area contributed by atoms with E-state index < -0.39 is 0 Å². The monoisotopic (exact) mass is 244 g/mol. The molecule has 1 amide bonds. The zero-order valence-corrected chi connectivity index (χ0v) is 10.4. The molecule has 0 spiro atoms. The summed E-state index contributed by atoms with van der Waals surface area (Å²) in [4.78, 5) is 14.2. The highest BCUT2D eigenvalue weighted by Crippen LogP contribution is 2.49. The molecule has 0 aromatic rings. The van der Waals surface area contributed by atoms with Crippen LogP contribution in [0.2, 0.25) is 0 Å². The molecule has 3 atom stereocenters. The average molecular weight is 245 g/mol. The van der Waals surface area contributed by atoms with Crippen molar-refractivity contribution in [3.63, 3.8) is 0 Å². The number of rotatable bonds is 2. The number of nitrogens with zero attached hydrogens (tertiary/aromatic N) is 1. The number of fused-ring (bicyclic) bond motifs is 2. The van der Waals surface area contributed by atoms with Crippen LogP contribution in [-0.2, 0) is 4.79 Å². The fourth-order valence-corrected chi connectivity index (χ4v) is 3.68. The van der Waals surface area contributed by atoms with Crippen LogP contribution >= 0.6 is 12.4 Å². The molecule has 2 aliphatic carbocycles. The lowest BCUT2D eigenvalue weighted by Gasteiger charge is -2.41. The summed E-state index contributed by atoms with van der Waals surface area (Å²) in [6.07, 6.45) is 5.17. The quantitative estimate of drug-likeness (QED) is 0.795. The molecule has 2 bridgehead atoms. The first-order valence-corrected chi connectivity index (χ1v) is 6.26. The van der Waals surface area contributed by atoms with Crippen LogP contribution in [0.3, 0.4) is 0 Å². The largest absolute Gasteiger partial charge is 0.342 e. The van der Waals surface area contributed by atoms with Gasteiger partial charge in [-0.25, -0.2) is 0 Å². The Bertz CT molecular complexity index is 278. The molecule has 3 aliphatic rings. The number of nitrogens with two attached hydrogens (primary N) is 1. The Hall–Kier alpha value is -0.280. The van der Waals surface area contributed by atoms with Gasteiger partial charge < -0.3 is 10.6 Å². The van der Waals surface area contributed by atoms with E-state index in [9.17, 15) is 4.79 Å². The first-order chi connectivity index (χ1) is 7.28. The topological polar surface area (TPSA) is 46.3 Å². The molecule has 2 saturated carbocycles. The van der Waals surface area contributed by atoms with E-state index in [0.29, 0.717) is 17.7 Å². The Kier molecular flexibility index (Phi) is 3.45. The molecule has 2 N–H and O–H groups in total. The standard InChI is InChI=1S/C12H20N2O.ClH/c13-5-9-6-14(7-9)12(15)11-4-8-1-2-10(11)3-8;/h8-11H,1-7,13H2;1H. The van der Waals surface area contributed by atoms with E-state index >= 15 is 0 Å². The number of carbonyl (C=O) groups excluding carboxylic acids is 1. The first-order valence-electron chi connectivity index (χ1n) is 6.26. The SMILES string of the molecule is Cl.NCC1CN(C(=O)C2CC3CCC2C3)C1. The van der Waals surface area contributed by atoms with Crippen LogP contribution in [0.5, 0.6) is 0 Å². The van der Waals surface area contributed by atoms with E-state index in [0.717, 1.165) is 31.5 Å². The number of carbonyl (C=O) groups is 1. The Morgan fingerprint density at radius 3 is 2.50 bits per heavy atom. The van der Waals surface area contributed by atoms with Gasteiger partial charge in [0.2, 0.25) is 5.91 Å². The predicted molar refractivity (Wildman–Crippen MR) is 65.3 cm³/mol. The van der Waals surface area contributed by atoms with Gasteiger partial charge in [-0.3, -0.25) is 4.79 Å². The minimum atomic E-state index is 0. The van der Waals surface area contributed by atoms with Crippen molar-refractivity contribution in [2.75, 3.05) is 19.6 Å². The predicted octanol–water partition coefficient (Wildman–Crippen LogP) is 1.26. The Balaban J connectivity index is 0.000000963. The minimum absolute atomic E-state index is 0. The summed E-state index contributed by atoms with van der Waals surface area (Å²) in [5.74, 6) is 2.98. The van der Waals surface area contributed by atoms with Crippen molar-refractivity contribution in [3.05, 3.63) is 0 Å². The summed E-state index contributed by atoms with van der Waals surface area (Å²) in [6.45, 7) is 2.58. The number of halogens is 1. The summed E-state index contributed by atoms with van der Waals surface area (Å²) in [5, 5.41) is 0. The number of amides is 1. The summed E-state index contributed by atoms with van der Waals surface area (Å²) in [6, 6.07) is 0. The summed E-state index contributed by atoms with van der Waals surface area (Å²) in [5.41, 5.74) is 5.57. The van der Waals surface area contributed by atoms with Crippen LogP contribution in [0.25, 0.3) is 0 Å². The molecule has 1 saturated heterocycles. The lowest BCUT2D eigenvalue weighted by molar-refractivity contribution is -0.143. The van der Waals surface area contributed by atoms with E-state index in [2.05, 4.69) is 0 Å². The van der Waals surface area contributed by atoms with Crippen molar-refractivity contribution >= 4 is 18.3 Å². The van der Waals surface area contributed by atoms with Gasteiger partial charge in [-0.2, -0.15) is 0 Å². The second-order valence-electron chi connectivity index (χ2n) is 5.63. The van der Waals surface area contributed by atoms with Crippen molar-refractivity contribution < 1.29 is 4.79 Å². The van der Waals surface area contributed by atoms with Crippen molar-refractivity contribution in [2.45, 2.75) is 25.7 Å². The molecule has 16 heavy (non-hydrogen) atoms. The zero-order chi connectivity index (χ0) is 10.4. The van der Waals surface area contributed by atoms with Gasteiger partial charge in [-0.15, -0.1) is 12.4 Å². The van der Waals surface area contributed by atoms with E-state index in [1.165, 1.54) is 25.7 Å². The van der Waals surface area contributed by atoms with Crippen LogP contribution in [-0.4, -0.2) is 30.4 Å².